The zero-order chi connectivity index (χ0) is 9.80. The van der Waals surface area contributed by atoms with E-state index in [1.807, 2.05) is 25.3 Å². The van der Waals surface area contributed by atoms with Gasteiger partial charge in [0, 0.05) is 24.5 Å². The van der Waals surface area contributed by atoms with E-state index < -0.39 is 0 Å². The average Bonchev–Trinajstić information content (AvgIpc) is 2.70. The molecule has 1 N–H and O–H groups in total. The lowest BCUT2D eigenvalue weighted by atomic mass is 10.2. The zero-order valence-corrected chi connectivity index (χ0v) is 7.90. The predicted molar refractivity (Wildman–Crippen MR) is 52.8 cm³/mol. The van der Waals surface area contributed by atoms with Gasteiger partial charge in [-0.2, -0.15) is 0 Å². The Morgan fingerprint density at radius 2 is 2.29 bits per heavy atom. The first-order valence-electron chi connectivity index (χ1n) is 4.40. The lowest BCUT2D eigenvalue weighted by molar-refractivity contribution is 0.422. The summed E-state index contributed by atoms with van der Waals surface area (Å²) in [5.41, 5.74) is 2.15. The molecule has 0 saturated heterocycles. The van der Waals surface area contributed by atoms with Gasteiger partial charge in [-0.15, -0.1) is 0 Å². The van der Waals surface area contributed by atoms with Gasteiger partial charge in [0.1, 0.15) is 6.26 Å². The van der Waals surface area contributed by atoms with Crippen molar-refractivity contribution in [3.05, 3.63) is 41.9 Å². The number of nitrogens with one attached hydrogen (secondary N) is 1. The molecule has 4 heteroatoms. The highest BCUT2D eigenvalue weighted by Crippen LogP contribution is 2.05. The van der Waals surface area contributed by atoms with Crippen molar-refractivity contribution in [2.45, 2.75) is 13.5 Å². The highest BCUT2D eigenvalue weighted by Gasteiger charge is 1.96. The van der Waals surface area contributed by atoms with Crippen LogP contribution in [0.5, 0.6) is 0 Å². The molecule has 0 radical (unpaired) electrons. The van der Waals surface area contributed by atoms with Crippen molar-refractivity contribution in [1.82, 2.24) is 10.1 Å². The maximum absolute atomic E-state index is 4.69. The summed E-state index contributed by atoms with van der Waals surface area (Å²) in [5.74, 6) is 0.741. The molecule has 0 atom stereocenters. The number of aromatic nitrogens is 2. The SMILES string of the molecule is Cc1ccc(CNc2ccon2)cn1. The van der Waals surface area contributed by atoms with Crippen molar-refractivity contribution in [2.75, 3.05) is 5.32 Å². The topological polar surface area (TPSA) is 51.0 Å². The van der Waals surface area contributed by atoms with Crippen molar-refractivity contribution in [3.8, 4) is 0 Å². The Bertz CT molecular complexity index is 380. The molecule has 2 heterocycles. The molecule has 0 aliphatic heterocycles. The van der Waals surface area contributed by atoms with Gasteiger partial charge in [0.25, 0.3) is 0 Å². The molecule has 0 amide bonds. The number of hydrogen-bond donors (Lipinski definition) is 1. The second kappa shape index (κ2) is 3.91. The monoisotopic (exact) mass is 189 g/mol. The molecule has 2 aromatic heterocycles. The molecule has 0 aliphatic carbocycles. The van der Waals surface area contributed by atoms with E-state index in [2.05, 4.69) is 15.5 Å². The van der Waals surface area contributed by atoms with E-state index in [-0.39, 0.29) is 0 Å². The minimum Gasteiger partial charge on any atom is -0.363 e. The summed E-state index contributed by atoms with van der Waals surface area (Å²) in [5, 5.41) is 6.86. The van der Waals surface area contributed by atoms with E-state index in [0.29, 0.717) is 6.54 Å². The van der Waals surface area contributed by atoms with Gasteiger partial charge in [-0.1, -0.05) is 11.2 Å². The van der Waals surface area contributed by atoms with Crippen molar-refractivity contribution in [2.24, 2.45) is 0 Å². The zero-order valence-electron chi connectivity index (χ0n) is 7.90. The highest BCUT2D eigenvalue weighted by atomic mass is 16.5. The van der Waals surface area contributed by atoms with E-state index in [1.165, 1.54) is 6.26 Å². The summed E-state index contributed by atoms with van der Waals surface area (Å²) in [6, 6.07) is 5.80. The van der Waals surface area contributed by atoms with E-state index >= 15 is 0 Å². The Balaban J connectivity index is 1.95. The standard InChI is InChI=1S/C10H11N3O/c1-8-2-3-9(6-11-8)7-12-10-4-5-14-13-10/h2-6H,7H2,1H3,(H,12,13). The first-order valence-corrected chi connectivity index (χ1v) is 4.40. The van der Waals surface area contributed by atoms with Gasteiger partial charge in [0.05, 0.1) is 0 Å². The molecular formula is C10H11N3O. The highest BCUT2D eigenvalue weighted by molar-refractivity contribution is 5.32. The van der Waals surface area contributed by atoms with Gasteiger partial charge >= 0.3 is 0 Å². The third kappa shape index (κ3) is 2.10. The number of aryl methyl sites for hydroxylation is 1. The van der Waals surface area contributed by atoms with Crippen LogP contribution < -0.4 is 5.32 Å². The Morgan fingerprint density at radius 1 is 1.36 bits per heavy atom. The van der Waals surface area contributed by atoms with Crippen molar-refractivity contribution in [3.63, 3.8) is 0 Å². The van der Waals surface area contributed by atoms with Gasteiger partial charge in [-0.05, 0) is 18.6 Å². The Hall–Kier alpha value is -1.84. The van der Waals surface area contributed by atoms with Crippen LogP contribution in [0.2, 0.25) is 0 Å². The van der Waals surface area contributed by atoms with Crippen molar-refractivity contribution < 1.29 is 4.52 Å². The van der Waals surface area contributed by atoms with Gasteiger partial charge in [0.15, 0.2) is 5.82 Å². The van der Waals surface area contributed by atoms with Crippen LogP contribution in [0.3, 0.4) is 0 Å². The molecule has 0 spiro atoms. The number of pyridine rings is 1. The van der Waals surface area contributed by atoms with Crippen LogP contribution in [0.1, 0.15) is 11.3 Å². The second-order valence-corrected chi connectivity index (χ2v) is 3.05. The summed E-state index contributed by atoms with van der Waals surface area (Å²) in [7, 11) is 0. The third-order valence-electron chi connectivity index (χ3n) is 1.88. The first kappa shape index (κ1) is 8.74. The van der Waals surface area contributed by atoms with Gasteiger partial charge in [-0.3, -0.25) is 4.98 Å². The van der Waals surface area contributed by atoms with Crippen LogP contribution in [0.15, 0.2) is 35.2 Å². The molecule has 14 heavy (non-hydrogen) atoms. The Kier molecular flexibility index (Phi) is 2.44. The first-order chi connectivity index (χ1) is 6.84. The lowest BCUT2D eigenvalue weighted by Crippen LogP contribution is -1.99. The van der Waals surface area contributed by atoms with E-state index in [0.717, 1.165) is 17.1 Å². The van der Waals surface area contributed by atoms with E-state index in [1.54, 1.807) is 6.07 Å². The maximum Gasteiger partial charge on any atom is 0.169 e. The number of nitrogens with zero attached hydrogens (tertiary/aromatic N) is 2. The Morgan fingerprint density at radius 3 is 2.93 bits per heavy atom. The number of anilines is 1. The summed E-state index contributed by atoms with van der Waals surface area (Å²) in [6.07, 6.45) is 3.39. The minimum atomic E-state index is 0.708. The molecule has 0 unspecified atom stereocenters. The van der Waals surface area contributed by atoms with Crippen LogP contribution in [0, 0.1) is 6.92 Å². The third-order valence-corrected chi connectivity index (χ3v) is 1.88. The summed E-state index contributed by atoms with van der Waals surface area (Å²) < 4.78 is 4.69. The summed E-state index contributed by atoms with van der Waals surface area (Å²) >= 11 is 0. The molecule has 0 aromatic carbocycles. The normalized spacial score (nSPS) is 10.1. The largest absolute Gasteiger partial charge is 0.363 e. The molecule has 4 nitrogen and oxygen atoms in total. The van der Waals surface area contributed by atoms with Crippen molar-refractivity contribution >= 4 is 5.82 Å². The fourth-order valence-corrected chi connectivity index (χ4v) is 1.10. The van der Waals surface area contributed by atoms with E-state index in [9.17, 15) is 0 Å². The van der Waals surface area contributed by atoms with Crippen LogP contribution >= 0.6 is 0 Å². The molecule has 0 bridgehead atoms. The number of hydrogen-bond acceptors (Lipinski definition) is 4. The van der Waals surface area contributed by atoms with Gasteiger partial charge in [0.2, 0.25) is 0 Å². The fourth-order valence-electron chi connectivity index (χ4n) is 1.10. The van der Waals surface area contributed by atoms with Crippen LogP contribution in [0.4, 0.5) is 5.82 Å². The molecule has 0 fully saturated rings. The summed E-state index contributed by atoms with van der Waals surface area (Å²) in [6.45, 7) is 2.68. The molecule has 72 valence electrons. The second-order valence-electron chi connectivity index (χ2n) is 3.05. The van der Waals surface area contributed by atoms with Crippen LogP contribution in [-0.4, -0.2) is 10.1 Å². The van der Waals surface area contributed by atoms with Crippen molar-refractivity contribution in [1.29, 1.82) is 0 Å². The molecule has 2 rings (SSSR count). The minimum absolute atomic E-state index is 0.708. The fraction of sp³-hybridized carbons (Fsp3) is 0.200. The smallest absolute Gasteiger partial charge is 0.169 e. The summed E-state index contributed by atoms with van der Waals surface area (Å²) in [4.78, 5) is 4.20. The predicted octanol–water partition coefficient (Wildman–Crippen LogP) is 1.99. The molecule has 0 aliphatic rings. The average molecular weight is 189 g/mol. The van der Waals surface area contributed by atoms with Crippen LogP contribution in [0.25, 0.3) is 0 Å². The van der Waals surface area contributed by atoms with E-state index in [4.69, 9.17) is 4.52 Å². The van der Waals surface area contributed by atoms with Crippen LogP contribution in [-0.2, 0) is 6.54 Å². The van der Waals surface area contributed by atoms with Gasteiger partial charge in [-0.25, -0.2) is 0 Å². The van der Waals surface area contributed by atoms with Gasteiger partial charge < -0.3 is 9.84 Å². The number of rotatable bonds is 3. The maximum atomic E-state index is 4.69. The molecular weight excluding hydrogens is 178 g/mol. The molecule has 2 aromatic rings. The molecule has 0 saturated carbocycles. The quantitative estimate of drug-likeness (QED) is 0.802. The Labute approximate surface area is 82.0 Å². The lowest BCUT2D eigenvalue weighted by Gasteiger charge is -2.01.